The van der Waals surface area contributed by atoms with E-state index < -0.39 is 10.1 Å². The van der Waals surface area contributed by atoms with Crippen LogP contribution in [-0.2, 0) is 23.2 Å². The van der Waals surface area contributed by atoms with E-state index in [1.54, 1.807) is 12.1 Å². The topological polar surface area (TPSA) is 91.5 Å². The maximum Gasteiger partial charge on any atom is 0.308 e. The first-order valence-electron chi connectivity index (χ1n) is 11.1. The van der Waals surface area contributed by atoms with E-state index in [-0.39, 0.29) is 36.4 Å². The SMILES string of the molecule is CCS(=O)(=O)Oc1ccc(-c2cc3cc(CN4CCCCC4)ccc3[nH]2)c2c1CNC2=O.Cl. The van der Waals surface area contributed by atoms with Crippen molar-refractivity contribution in [2.75, 3.05) is 18.8 Å². The number of hydrogen-bond acceptors (Lipinski definition) is 5. The summed E-state index contributed by atoms with van der Waals surface area (Å²) in [6.45, 7) is 5.03. The van der Waals surface area contributed by atoms with Gasteiger partial charge in [0.1, 0.15) is 5.75 Å². The number of aromatic nitrogens is 1. The van der Waals surface area contributed by atoms with E-state index in [0.717, 1.165) is 41.8 Å². The molecule has 0 unspecified atom stereocenters. The van der Waals surface area contributed by atoms with Crippen molar-refractivity contribution in [2.24, 2.45) is 0 Å². The second-order valence-electron chi connectivity index (χ2n) is 8.52. The molecule has 176 valence electrons. The summed E-state index contributed by atoms with van der Waals surface area (Å²) in [5.74, 6) is -0.144. The van der Waals surface area contributed by atoms with Gasteiger partial charge in [0.25, 0.3) is 5.91 Å². The average Bonchev–Trinajstić information content (AvgIpc) is 3.38. The van der Waals surface area contributed by atoms with Crippen LogP contribution in [0.4, 0.5) is 0 Å². The molecule has 0 saturated carbocycles. The second kappa shape index (κ2) is 9.37. The molecule has 1 saturated heterocycles. The highest BCUT2D eigenvalue weighted by molar-refractivity contribution is 7.87. The van der Waals surface area contributed by atoms with Gasteiger partial charge in [0.15, 0.2) is 0 Å². The predicted molar refractivity (Wildman–Crippen MR) is 131 cm³/mol. The Morgan fingerprint density at radius 1 is 1.06 bits per heavy atom. The molecule has 0 radical (unpaired) electrons. The number of carbonyl (C=O) groups is 1. The second-order valence-corrected chi connectivity index (χ2v) is 10.4. The fraction of sp³-hybridized carbons (Fsp3) is 0.375. The lowest BCUT2D eigenvalue weighted by atomic mass is 9.99. The van der Waals surface area contributed by atoms with Crippen LogP contribution >= 0.6 is 12.4 Å². The van der Waals surface area contributed by atoms with Crippen LogP contribution in [0.15, 0.2) is 36.4 Å². The average molecular weight is 490 g/mol. The first-order valence-corrected chi connectivity index (χ1v) is 12.7. The number of benzene rings is 2. The molecule has 0 atom stereocenters. The van der Waals surface area contributed by atoms with Crippen LogP contribution in [0.5, 0.6) is 5.75 Å². The normalized spacial score (nSPS) is 16.3. The Morgan fingerprint density at radius 2 is 1.85 bits per heavy atom. The Balaban J connectivity index is 0.00000259. The molecular weight excluding hydrogens is 462 g/mol. The van der Waals surface area contributed by atoms with E-state index in [9.17, 15) is 13.2 Å². The van der Waals surface area contributed by atoms with Gasteiger partial charge in [-0.25, -0.2) is 0 Å². The van der Waals surface area contributed by atoms with E-state index >= 15 is 0 Å². The van der Waals surface area contributed by atoms with Crippen molar-refractivity contribution < 1.29 is 17.4 Å². The van der Waals surface area contributed by atoms with E-state index in [4.69, 9.17) is 4.18 Å². The zero-order chi connectivity index (χ0) is 22.3. The van der Waals surface area contributed by atoms with Gasteiger partial charge >= 0.3 is 10.1 Å². The van der Waals surface area contributed by atoms with Crippen LogP contribution in [0, 0.1) is 0 Å². The summed E-state index contributed by atoms with van der Waals surface area (Å²) in [6.07, 6.45) is 3.86. The van der Waals surface area contributed by atoms with E-state index in [0.29, 0.717) is 11.1 Å². The van der Waals surface area contributed by atoms with Crippen LogP contribution in [0.25, 0.3) is 22.2 Å². The number of piperidine rings is 1. The molecule has 3 aromatic rings. The summed E-state index contributed by atoms with van der Waals surface area (Å²) >= 11 is 0. The molecular formula is C24H28ClN3O4S. The number of fused-ring (bicyclic) bond motifs is 2. The van der Waals surface area contributed by atoms with Gasteiger partial charge in [-0.15, -0.1) is 12.4 Å². The molecule has 7 nitrogen and oxygen atoms in total. The lowest BCUT2D eigenvalue weighted by molar-refractivity contribution is 0.0966. The molecule has 3 heterocycles. The van der Waals surface area contributed by atoms with Gasteiger partial charge in [0, 0.05) is 40.8 Å². The van der Waals surface area contributed by atoms with Crippen LogP contribution in [-0.4, -0.2) is 43.1 Å². The lowest BCUT2D eigenvalue weighted by Crippen LogP contribution is -2.28. The number of nitrogens with one attached hydrogen (secondary N) is 2. The maximum atomic E-state index is 12.6. The highest BCUT2D eigenvalue weighted by atomic mass is 35.5. The third-order valence-corrected chi connectivity index (χ3v) is 7.46. The van der Waals surface area contributed by atoms with Crippen molar-refractivity contribution in [3.8, 4) is 17.0 Å². The van der Waals surface area contributed by atoms with Crippen molar-refractivity contribution in [1.29, 1.82) is 0 Å². The van der Waals surface area contributed by atoms with Crippen LogP contribution in [0.3, 0.4) is 0 Å². The van der Waals surface area contributed by atoms with E-state index in [1.165, 1.54) is 31.7 Å². The summed E-state index contributed by atoms with van der Waals surface area (Å²) in [5.41, 5.74) is 4.89. The van der Waals surface area contributed by atoms with Gasteiger partial charge in [-0.3, -0.25) is 9.69 Å². The molecule has 2 aliphatic heterocycles. The smallest absolute Gasteiger partial charge is 0.308 e. The van der Waals surface area contributed by atoms with E-state index in [2.05, 4.69) is 39.5 Å². The minimum Gasteiger partial charge on any atom is -0.382 e. The van der Waals surface area contributed by atoms with Crippen LogP contribution in [0.2, 0.25) is 0 Å². The monoisotopic (exact) mass is 489 g/mol. The Morgan fingerprint density at radius 3 is 2.61 bits per heavy atom. The quantitative estimate of drug-likeness (QED) is 0.506. The molecule has 0 spiro atoms. The summed E-state index contributed by atoms with van der Waals surface area (Å²) in [4.78, 5) is 18.5. The van der Waals surface area contributed by atoms with Gasteiger partial charge in [-0.2, -0.15) is 8.42 Å². The molecule has 2 aromatic carbocycles. The minimum absolute atomic E-state index is 0. The highest BCUT2D eigenvalue weighted by Crippen LogP contribution is 2.36. The van der Waals surface area contributed by atoms with E-state index in [1.807, 2.05) is 0 Å². The Bertz CT molecular complexity index is 1300. The molecule has 9 heteroatoms. The van der Waals surface area contributed by atoms with Gasteiger partial charge in [0.2, 0.25) is 0 Å². The number of nitrogens with zero attached hydrogens (tertiary/aromatic N) is 1. The van der Waals surface area contributed by atoms with Crippen LogP contribution < -0.4 is 9.50 Å². The number of hydrogen-bond donors (Lipinski definition) is 2. The first-order chi connectivity index (χ1) is 15.4. The third-order valence-electron chi connectivity index (χ3n) is 6.32. The standard InChI is InChI=1S/C24H27N3O4S.ClH/c1-2-32(29,30)31-22-9-7-18(23-19(22)14-25-24(23)28)21-13-17-12-16(6-8-20(17)26-21)15-27-10-4-3-5-11-27;/h6-9,12-13,26H,2-5,10-11,14-15H2,1H3,(H,25,28);1H. The van der Waals surface area contributed by atoms with Crippen molar-refractivity contribution >= 4 is 39.3 Å². The minimum atomic E-state index is -3.68. The molecule has 33 heavy (non-hydrogen) atoms. The molecule has 0 aliphatic carbocycles. The van der Waals surface area contributed by atoms with Gasteiger partial charge in [-0.05, 0) is 68.8 Å². The predicted octanol–water partition coefficient (Wildman–Crippen LogP) is 4.21. The Hall–Kier alpha value is -2.55. The third kappa shape index (κ3) is 4.74. The Labute approximate surface area is 200 Å². The first kappa shape index (κ1) is 23.6. The molecule has 2 N–H and O–H groups in total. The largest absolute Gasteiger partial charge is 0.382 e. The van der Waals surface area contributed by atoms with Gasteiger partial charge < -0.3 is 14.5 Å². The fourth-order valence-corrected chi connectivity index (χ4v) is 5.17. The van der Waals surface area contributed by atoms with Crippen molar-refractivity contribution in [3.05, 3.63) is 53.1 Å². The molecule has 2 aliphatic rings. The van der Waals surface area contributed by atoms with Crippen molar-refractivity contribution in [1.82, 2.24) is 15.2 Å². The van der Waals surface area contributed by atoms with Crippen LogP contribution in [0.1, 0.15) is 47.7 Å². The Kier molecular flexibility index (Phi) is 6.70. The highest BCUT2D eigenvalue weighted by Gasteiger charge is 2.29. The molecule has 1 aromatic heterocycles. The van der Waals surface area contributed by atoms with Crippen molar-refractivity contribution in [3.63, 3.8) is 0 Å². The summed E-state index contributed by atoms with van der Waals surface area (Å²) in [6, 6.07) is 11.9. The summed E-state index contributed by atoms with van der Waals surface area (Å²) < 4.78 is 29.2. The number of carbonyl (C=O) groups excluding carboxylic acids is 1. The zero-order valence-corrected chi connectivity index (χ0v) is 20.2. The molecule has 1 fully saturated rings. The summed E-state index contributed by atoms with van der Waals surface area (Å²) in [7, 11) is -3.68. The lowest BCUT2D eigenvalue weighted by Gasteiger charge is -2.26. The zero-order valence-electron chi connectivity index (χ0n) is 18.5. The number of halogens is 1. The number of aromatic amines is 1. The number of H-pyrrole nitrogens is 1. The fourth-order valence-electron chi connectivity index (χ4n) is 4.62. The number of likely N-dealkylation sites (tertiary alicyclic amines) is 1. The molecule has 5 rings (SSSR count). The van der Waals surface area contributed by atoms with Gasteiger partial charge in [-0.1, -0.05) is 12.5 Å². The van der Waals surface area contributed by atoms with Crippen molar-refractivity contribution in [2.45, 2.75) is 39.3 Å². The maximum absolute atomic E-state index is 12.6. The number of amides is 1. The summed E-state index contributed by atoms with van der Waals surface area (Å²) in [5, 5.41) is 3.89. The number of rotatable bonds is 6. The van der Waals surface area contributed by atoms with Gasteiger partial charge in [0.05, 0.1) is 11.3 Å². The molecule has 1 amide bonds. The molecule has 0 bridgehead atoms.